The Bertz CT molecular complexity index is 1100. The number of hydrogen-bond acceptors (Lipinski definition) is 9. The Morgan fingerprint density at radius 2 is 1.97 bits per heavy atom. The van der Waals surface area contributed by atoms with E-state index in [-0.39, 0.29) is 90.1 Å². The molecule has 1 saturated heterocycles. The molecule has 34 heavy (non-hydrogen) atoms. The summed E-state index contributed by atoms with van der Waals surface area (Å²) >= 11 is 11.5. The third-order valence-electron chi connectivity index (χ3n) is 4.88. The maximum absolute atomic E-state index is 12.7. The first kappa shape index (κ1) is 29.6. The van der Waals surface area contributed by atoms with E-state index in [4.69, 9.17) is 38.4 Å². The average Bonchev–Trinajstić information content (AvgIpc) is 3.18. The third-order valence-corrected chi connectivity index (χ3v) is 6.40. The van der Waals surface area contributed by atoms with Gasteiger partial charge in [0.25, 0.3) is 5.91 Å². The quantitative estimate of drug-likeness (QED) is 0.117. The first-order valence-electron chi connectivity index (χ1n) is 10.0. The largest absolute Gasteiger partial charge is 1.00 e. The molecule has 10 nitrogen and oxygen atoms in total. The van der Waals surface area contributed by atoms with Gasteiger partial charge in [-0.15, -0.1) is 0 Å². The van der Waals surface area contributed by atoms with Crippen molar-refractivity contribution in [3.8, 4) is 5.75 Å². The van der Waals surface area contributed by atoms with Crippen LogP contribution >= 0.6 is 23.8 Å². The Balaban J connectivity index is 0.00000408. The number of fused-ring (bicyclic) bond motifs is 1. The van der Waals surface area contributed by atoms with Crippen molar-refractivity contribution < 1.29 is 83.7 Å². The molecule has 14 heteroatoms. The molecule has 2 aliphatic rings. The molecule has 0 saturated carbocycles. The van der Waals surface area contributed by atoms with Crippen LogP contribution in [0.5, 0.6) is 5.75 Å². The number of aliphatic hydroxyl groups is 1. The summed E-state index contributed by atoms with van der Waals surface area (Å²) in [5.41, 5.74) is 0.928. The second-order valence-corrected chi connectivity index (χ2v) is 9.50. The number of ether oxygens (including phenoxy) is 2. The first-order chi connectivity index (χ1) is 15.6. The second kappa shape index (κ2) is 13.1. The standard InChI is InChI=1S/C20H24ClN3O7S2.K/c1-22-19(26)15(24(20(22)32)8-10-30-11-9-25)4-6-18-23(7-2-12-33(27,28)29)16-13-14(21)3-5-17(16)31-18;/h3-6,13,25H,2,7-12H2,1H3,(H,27,28,29);/q;+1/p-1. The van der Waals surface area contributed by atoms with Gasteiger partial charge < -0.3 is 28.9 Å². The number of anilines is 1. The molecule has 180 valence electrons. The summed E-state index contributed by atoms with van der Waals surface area (Å²) in [7, 11) is -2.79. The molecule has 3 rings (SSSR count). The third kappa shape index (κ3) is 7.46. The number of carbonyl (C=O) groups is 1. The van der Waals surface area contributed by atoms with E-state index in [1.807, 2.05) is 0 Å². The van der Waals surface area contributed by atoms with Gasteiger partial charge in [-0.3, -0.25) is 9.69 Å². The minimum atomic E-state index is -4.36. The Kier molecular flexibility index (Phi) is 11.4. The van der Waals surface area contributed by atoms with Crippen LogP contribution in [0.15, 0.2) is 41.9 Å². The number of likely N-dealkylation sites (N-methyl/N-ethyl adjacent to an activating group) is 1. The van der Waals surface area contributed by atoms with Crippen LogP contribution in [0, 0.1) is 0 Å². The van der Waals surface area contributed by atoms with E-state index < -0.39 is 15.9 Å². The summed E-state index contributed by atoms with van der Waals surface area (Å²) in [6.07, 6.45) is 3.22. The molecule has 0 aromatic heterocycles. The second-order valence-electron chi connectivity index (χ2n) is 7.17. The Morgan fingerprint density at radius 3 is 2.65 bits per heavy atom. The number of aliphatic hydroxyl groups excluding tert-OH is 1. The molecule has 2 heterocycles. The van der Waals surface area contributed by atoms with Crippen LogP contribution in [-0.4, -0.2) is 84.6 Å². The number of allylic oxidation sites excluding steroid dienone is 2. The topological polar surface area (TPSA) is 123 Å². The van der Waals surface area contributed by atoms with Crippen molar-refractivity contribution >= 4 is 50.6 Å². The summed E-state index contributed by atoms with van der Waals surface area (Å²) in [6, 6.07) is 5.01. The zero-order chi connectivity index (χ0) is 24.2. The molecule has 0 unspecified atom stereocenters. The van der Waals surface area contributed by atoms with Crippen LogP contribution < -0.4 is 61.0 Å². The molecule has 0 radical (unpaired) electrons. The number of carbonyl (C=O) groups excluding carboxylic acids is 1. The molecule has 1 N–H and O–H groups in total. The van der Waals surface area contributed by atoms with Crippen molar-refractivity contribution in [2.24, 2.45) is 0 Å². The van der Waals surface area contributed by atoms with Crippen molar-refractivity contribution in [1.82, 2.24) is 9.80 Å². The summed E-state index contributed by atoms with van der Waals surface area (Å²) in [6.45, 7) is 0.825. The van der Waals surface area contributed by atoms with Crippen LogP contribution in [0.25, 0.3) is 0 Å². The van der Waals surface area contributed by atoms with E-state index >= 15 is 0 Å². The molecule has 1 aromatic rings. The van der Waals surface area contributed by atoms with E-state index in [0.29, 0.717) is 39.7 Å². The summed E-state index contributed by atoms with van der Waals surface area (Å²) in [4.78, 5) is 17.4. The van der Waals surface area contributed by atoms with Gasteiger partial charge in [-0.25, -0.2) is 8.42 Å². The van der Waals surface area contributed by atoms with Crippen molar-refractivity contribution in [3.05, 3.63) is 47.0 Å². The van der Waals surface area contributed by atoms with Gasteiger partial charge in [0.15, 0.2) is 10.9 Å². The average molecular weight is 556 g/mol. The number of thiocarbonyl (C=S) groups is 1. The number of hydrogen-bond donors (Lipinski definition) is 1. The van der Waals surface area contributed by atoms with Crippen molar-refractivity contribution in [2.45, 2.75) is 6.42 Å². The first-order valence-corrected chi connectivity index (χ1v) is 12.4. The number of benzene rings is 1. The maximum atomic E-state index is 12.7. The minimum Gasteiger partial charge on any atom is -0.748 e. The number of amides is 1. The molecule has 0 bridgehead atoms. The molecule has 1 fully saturated rings. The normalized spacial score (nSPS) is 18.1. The van der Waals surface area contributed by atoms with Crippen LogP contribution in [-0.2, 0) is 19.6 Å². The molecule has 2 aliphatic heterocycles. The van der Waals surface area contributed by atoms with Crippen LogP contribution in [0.3, 0.4) is 0 Å². The Morgan fingerprint density at radius 1 is 1.24 bits per heavy atom. The number of nitrogens with zero attached hydrogens (tertiary/aromatic N) is 3. The van der Waals surface area contributed by atoms with Crippen molar-refractivity contribution in [1.29, 1.82) is 0 Å². The van der Waals surface area contributed by atoms with Crippen molar-refractivity contribution in [3.63, 3.8) is 0 Å². The fraction of sp³-hybridized carbons (Fsp3) is 0.400. The molecule has 1 amide bonds. The molecular weight excluding hydrogens is 533 g/mol. The Hall–Kier alpha value is -0.584. The predicted molar refractivity (Wildman–Crippen MR) is 125 cm³/mol. The van der Waals surface area contributed by atoms with Crippen LogP contribution in [0.1, 0.15) is 6.42 Å². The van der Waals surface area contributed by atoms with Gasteiger partial charge in [0.2, 0.25) is 5.88 Å². The monoisotopic (exact) mass is 555 g/mol. The van der Waals surface area contributed by atoms with Gasteiger partial charge in [-0.05, 0) is 42.9 Å². The molecular formula is C20H23ClKN3O7S2. The van der Waals surface area contributed by atoms with E-state index in [0.717, 1.165) is 0 Å². The number of rotatable bonds is 10. The van der Waals surface area contributed by atoms with Crippen molar-refractivity contribution in [2.75, 3.05) is 50.6 Å². The Labute approximate surface area is 251 Å². The molecule has 1 aromatic carbocycles. The SMILES string of the molecule is CN1C(=O)C(=CC=C2Oc3ccc(Cl)cc3N2CCCS(=O)(=O)[O-])N(CCOCCO)C1=S.[K+]. The van der Waals surface area contributed by atoms with Gasteiger partial charge in [-0.1, -0.05) is 11.6 Å². The molecule has 0 spiro atoms. The van der Waals surface area contributed by atoms with Crippen LogP contribution in [0.4, 0.5) is 5.69 Å². The van der Waals surface area contributed by atoms with Gasteiger partial charge in [0.05, 0.1) is 35.6 Å². The summed E-state index contributed by atoms with van der Waals surface area (Å²) in [5.74, 6) is 0.0236. The smallest absolute Gasteiger partial charge is 0.748 e. The fourth-order valence-electron chi connectivity index (χ4n) is 3.34. The molecule has 0 atom stereocenters. The van der Waals surface area contributed by atoms with Gasteiger partial charge >= 0.3 is 51.4 Å². The van der Waals surface area contributed by atoms with Gasteiger partial charge in [-0.2, -0.15) is 0 Å². The zero-order valence-corrected chi connectivity index (χ0v) is 24.3. The maximum Gasteiger partial charge on any atom is 1.00 e. The zero-order valence-electron chi connectivity index (χ0n) is 18.8. The fourth-order valence-corrected chi connectivity index (χ4v) is 4.26. The van der Waals surface area contributed by atoms with Crippen LogP contribution in [0.2, 0.25) is 5.02 Å². The summed E-state index contributed by atoms with van der Waals surface area (Å²) in [5, 5.41) is 9.63. The minimum absolute atomic E-state index is 0. The van der Waals surface area contributed by atoms with E-state index in [9.17, 15) is 17.8 Å². The predicted octanol–water partition coefficient (Wildman–Crippen LogP) is -1.73. The van der Waals surface area contributed by atoms with E-state index in [1.165, 1.54) is 4.90 Å². The van der Waals surface area contributed by atoms with E-state index in [2.05, 4.69) is 0 Å². The number of halogens is 1. The van der Waals surface area contributed by atoms with Gasteiger partial charge in [0.1, 0.15) is 5.70 Å². The molecule has 0 aliphatic carbocycles. The van der Waals surface area contributed by atoms with E-state index in [1.54, 1.807) is 47.2 Å². The van der Waals surface area contributed by atoms with Gasteiger partial charge in [0, 0.05) is 37.0 Å². The summed E-state index contributed by atoms with van der Waals surface area (Å²) < 4.78 is 44.2.